The van der Waals surface area contributed by atoms with Gasteiger partial charge in [0.2, 0.25) is 0 Å². The van der Waals surface area contributed by atoms with E-state index in [0.29, 0.717) is 23.7 Å². The van der Waals surface area contributed by atoms with Gasteiger partial charge in [0.25, 0.3) is 6.43 Å². The minimum Gasteiger partial charge on any atom is -0.598 e. The largest absolute Gasteiger partial charge is 0.598 e. The zero-order chi connectivity index (χ0) is 20.1. The van der Waals surface area contributed by atoms with Crippen molar-refractivity contribution in [2.45, 2.75) is 63.0 Å². The molecule has 0 aliphatic heterocycles. The Bertz CT molecular complexity index is 833. The number of benzene rings is 1. The van der Waals surface area contributed by atoms with Gasteiger partial charge >= 0.3 is 0 Å². The average molecular weight is 469 g/mol. The molecule has 3 rings (SSSR count). The van der Waals surface area contributed by atoms with E-state index in [1.807, 2.05) is 0 Å². The Hall–Kier alpha value is -0.770. The standard InChI is InChI=1S/C18H21BrF4N2OS/c1-18(2,3)27(26)24-16(17(22)23)12-8-25(10-4-9(20)5-10)15-7-13(19)14(21)6-11(12)15/h6-10,16-17,24H,4-5H2,1-3H3/t9?,10?,16?,27-/m0/s1. The molecule has 0 amide bonds. The fourth-order valence-corrected chi connectivity index (χ4v) is 4.26. The molecule has 9 heteroatoms. The van der Waals surface area contributed by atoms with E-state index in [1.165, 1.54) is 18.3 Å². The molecule has 0 radical (unpaired) electrons. The maximum atomic E-state index is 14.1. The number of alkyl halides is 3. The average Bonchev–Trinajstić information content (AvgIpc) is 2.86. The first kappa shape index (κ1) is 21.0. The molecule has 1 heterocycles. The van der Waals surface area contributed by atoms with Crippen molar-refractivity contribution in [3.8, 4) is 0 Å². The highest BCUT2D eigenvalue weighted by molar-refractivity contribution is 9.10. The first-order valence-electron chi connectivity index (χ1n) is 8.58. The Morgan fingerprint density at radius 1 is 1.30 bits per heavy atom. The number of nitrogens with one attached hydrogen (secondary N) is 1. The molecule has 0 spiro atoms. The van der Waals surface area contributed by atoms with Crippen molar-refractivity contribution in [1.29, 1.82) is 0 Å². The Balaban J connectivity index is 2.09. The molecule has 1 aliphatic carbocycles. The van der Waals surface area contributed by atoms with Crippen molar-refractivity contribution >= 4 is 38.2 Å². The van der Waals surface area contributed by atoms with E-state index in [9.17, 15) is 22.1 Å². The molecule has 2 aromatic rings. The van der Waals surface area contributed by atoms with Crippen LogP contribution >= 0.6 is 15.9 Å². The molecule has 1 aromatic heterocycles. The summed E-state index contributed by atoms with van der Waals surface area (Å²) in [7, 11) is 0. The fourth-order valence-electron chi connectivity index (χ4n) is 3.11. The molecule has 1 fully saturated rings. The second kappa shape index (κ2) is 7.57. The highest BCUT2D eigenvalue weighted by Gasteiger charge is 2.37. The molecule has 2 atom stereocenters. The van der Waals surface area contributed by atoms with Crippen molar-refractivity contribution in [3.05, 3.63) is 34.2 Å². The molecule has 27 heavy (non-hydrogen) atoms. The zero-order valence-electron chi connectivity index (χ0n) is 15.1. The van der Waals surface area contributed by atoms with Crippen LogP contribution in [0.15, 0.2) is 22.8 Å². The SMILES string of the molecule is CC(C)(C)[S@+]([O-])NC(c1cn(C2CC(F)C2)c2cc(Br)c(F)cc12)C(F)F. The summed E-state index contributed by atoms with van der Waals surface area (Å²) in [4.78, 5) is 0. The van der Waals surface area contributed by atoms with Crippen LogP contribution in [0.3, 0.4) is 0 Å². The summed E-state index contributed by atoms with van der Waals surface area (Å²) < 4.78 is 71.2. The minimum absolute atomic E-state index is 0.159. The van der Waals surface area contributed by atoms with Crippen molar-refractivity contribution in [2.75, 3.05) is 0 Å². The van der Waals surface area contributed by atoms with Crippen LogP contribution in [0, 0.1) is 5.82 Å². The van der Waals surface area contributed by atoms with Gasteiger partial charge in [-0.3, -0.25) is 0 Å². The maximum absolute atomic E-state index is 14.1. The van der Waals surface area contributed by atoms with Crippen LogP contribution in [-0.4, -0.2) is 26.5 Å². The van der Waals surface area contributed by atoms with Crippen LogP contribution < -0.4 is 4.72 Å². The minimum atomic E-state index is -2.85. The number of hydrogen-bond donors (Lipinski definition) is 1. The van der Waals surface area contributed by atoms with Gasteiger partial charge in [0.1, 0.15) is 22.8 Å². The van der Waals surface area contributed by atoms with Crippen molar-refractivity contribution in [3.63, 3.8) is 0 Å². The lowest BCUT2D eigenvalue weighted by molar-refractivity contribution is 0.108. The first-order chi connectivity index (χ1) is 12.5. The summed E-state index contributed by atoms with van der Waals surface area (Å²) in [6.07, 6.45) is -1.68. The summed E-state index contributed by atoms with van der Waals surface area (Å²) in [5.41, 5.74) is 0.704. The molecular weight excluding hydrogens is 448 g/mol. The summed E-state index contributed by atoms with van der Waals surface area (Å²) >= 11 is 1.38. The fraction of sp³-hybridized carbons (Fsp3) is 0.556. The maximum Gasteiger partial charge on any atom is 0.262 e. The van der Waals surface area contributed by atoms with E-state index in [1.54, 1.807) is 25.3 Å². The van der Waals surface area contributed by atoms with Gasteiger partial charge in [0, 0.05) is 40.1 Å². The molecule has 0 saturated heterocycles. The zero-order valence-corrected chi connectivity index (χ0v) is 17.5. The quantitative estimate of drug-likeness (QED) is 0.459. The van der Waals surface area contributed by atoms with Crippen molar-refractivity contribution in [1.82, 2.24) is 9.29 Å². The molecule has 1 N–H and O–H groups in total. The highest BCUT2D eigenvalue weighted by atomic mass is 79.9. The Morgan fingerprint density at radius 2 is 1.93 bits per heavy atom. The Morgan fingerprint density at radius 3 is 2.44 bits per heavy atom. The van der Waals surface area contributed by atoms with Crippen LogP contribution in [-0.2, 0) is 11.4 Å². The molecule has 150 valence electrons. The third-order valence-electron chi connectivity index (χ3n) is 4.73. The lowest BCUT2D eigenvalue weighted by Crippen LogP contribution is -2.43. The number of rotatable bonds is 5. The van der Waals surface area contributed by atoms with Crippen LogP contribution in [0.1, 0.15) is 51.3 Å². The third-order valence-corrected chi connectivity index (χ3v) is 6.92. The van der Waals surface area contributed by atoms with Crippen LogP contribution in [0.5, 0.6) is 0 Å². The van der Waals surface area contributed by atoms with Crippen LogP contribution in [0.4, 0.5) is 17.6 Å². The van der Waals surface area contributed by atoms with E-state index in [-0.39, 0.29) is 16.1 Å². The van der Waals surface area contributed by atoms with Crippen LogP contribution in [0.2, 0.25) is 0 Å². The lowest BCUT2D eigenvalue weighted by atomic mass is 9.90. The molecular formula is C18H21BrF4N2OS. The summed E-state index contributed by atoms with van der Waals surface area (Å²) in [5.74, 6) is -0.580. The second-order valence-electron chi connectivity index (χ2n) is 7.81. The van der Waals surface area contributed by atoms with Crippen molar-refractivity contribution in [2.24, 2.45) is 0 Å². The number of nitrogens with zero attached hydrogens (tertiary/aromatic N) is 1. The van der Waals surface area contributed by atoms with Gasteiger partial charge in [0.05, 0.1) is 4.47 Å². The number of fused-ring (bicyclic) bond motifs is 1. The summed E-state index contributed by atoms with van der Waals surface area (Å²) in [6.45, 7) is 5.03. The van der Waals surface area contributed by atoms with Crippen LogP contribution in [0.25, 0.3) is 10.9 Å². The smallest absolute Gasteiger partial charge is 0.262 e. The van der Waals surface area contributed by atoms with E-state index in [0.717, 1.165) is 0 Å². The molecule has 1 saturated carbocycles. The normalized spacial score (nSPS) is 22.9. The molecule has 1 aromatic carbocycles. The van der Waals surface area contributed by atoms with Gasteiger partial charge in [-0.1, -0.05) is 0 Å². The predicted molar refractivity (Wildman–Crippen MR) is 103 cm³/mol. The van der Waals surface area contributed by atoms with E-state index in [4.69, 9.17) is 0 Å². The van der Waals surface area contributed by atoms with Gasteiger partial charge in [-0.2, -0.15) is 0 Å². The van der Waals surface area contributed by atoms with Gasteiger partial charge in [0.15, 0.2) is 0 Å². The number of aromatic nitrogens is 1. The monoisotopic (exact) mass is 468 g/mol. The summed E-state index contributed by atoms with van der Waals surface area (Å²) in [6, 6.07) is 1.01. The topological polar surface area (TPSA) is 40.0 Å². The third kappa shape index (κ3) is 4.16. The van der Waals surface area contributed by atoms with E-state index < -0.39 is 40.6 Å². The molecule has 1 aliphatic rings. The molecule has 3 nitrogen and oxygen atoms in total. The van der Waals surface area contributed by atoms with Gasteiger partial charge in [-0.15, -0.1) is 4.72 Å². The predicted octanol–water partition coefficient (Wildman–Crippen LogP) is 5.57. The molecule has 0 bridgehead atoms. The Labute approximate surface area is 166 Å². The van der Waals surface area contributed by atoms with Gasteiger partial charge < -0.3 is 9.12 Å². The number of hydrogen-bond acceptors (Lipinski definition) is 2. The lowest BCUT2D eigenvalue weighted by Gasteiger charge is -2.31. The Kier molecular flexibility index (Phi) is 5.88. The highest BCUT2D eigenvalue weighted by Crippen LogP contribution is 2.41. The van der Waals surface area contributed by atoms with E-state index in [2.05, 4.69) is 20.7 Å². The molecule has 1 unspecified atom stereocenters. The second-order valence-corrected chi connectivity index (χ2v) is 10.7. The van der Waals surface area contributed by atoms with Gasteiger partial charge in [-0.05, 0) is 61.7 Å². The number of halogens is 5. The van der Waals surface area contributed by atoms with Gasteiger partial charge in [-0.25, -0.2) is 17.6 Å². The summed E-state index contributed by atoms with van der Waals surface area (Å²) in [5, 5.41) is 0.307. The van der Waals surface area contributed by atoms with Crippen molar-refractivity contribution < 1.29 is 22.1 Å². The van der Waals surface area contributed by atoms with E-state index >= 15 is 0 Å². The first-order valence-corrected chi connectivity index (χ1v) is 10.5.